The summed E-state index contributed by atoms with van der Waals surface area (Å²) in [5, 5.41) is 0. The van der Waals surface area contributed by atoms with Gasteiger partial charge in [-0.25, -0.2) is 0 Å². The summed E-state index contributed by atoms with van der Waals surface area (Å²) in [4.78, 5) is 2.43. The van der Waals surface area contributed by atoms with Gasteiger partial charge in [0.25, 0.3) is 0 Å². The van der Waals surface area contributed by atoms with Crippen molar-refractivity contribution in [1.29, 1.82) is 0 Å². The second kappa shape index (κ2) is 5.09. The molecule has 1 aromatic carbocycles. The summed E-state index contributed by atoms with van der Waals surface area (Å²) in [7, 11) is 2.22. The van der Waals surface area contributed by atoms with Crippen LogP contribution in [0.15, 0.2) is 18.2 Å². The monoisotopic (exact) mass is 232 g/mol. The fourth-order valence-electron chi connectivity index (χ4n) is 2.55. The van der Waals surface area contributed by atoms with Gasteiger partial charge in [0.1, 0.15) is 0 Å². The molecule has 0 radical (unpaired) electrons. The van der Waals surface area contributed by atoms with E-state index in [9.17, 15) is 0 Å². The molecule has 0 heterocycles. The van der Waals surface area contributed by atoms with Crippen LogP contribution in [-0.4, -0.2) is 19.6 Å². The molecule has 1 aromatic rings. The van der Waals surface area contributed by atoms with E-state index in [4.69, 9.17) is 5.73 Å². The van der Waals surface area contributed by atoms with E-state index in [0.717, 1.165) is 18.9 Å². The normalized spacial score (nSPS) is 16.9. The Kier molecular flexibility index (Phi) is 3.72. The molecule has 1 atom stereocenters. The highest BCUT2D eigenvalue weighted by Crippen LogP contribution is 2.37. The van der Waals surface area contributed by atoms with Gasteiger partial charge in [-0.05, 0) is 62.8 Å². The number of nitrogens with two attached hydrogens (primary N) is 1. The summed E-state index contributed by atoms with van der Waals surface area (Å²) in [5.41, 5.74) is 9.68. The van der Waals surface area contributed by atoms with E-state index in [1.165, 1.54) is 29.7 Å². The average Bonchev–Trinajstić information content (AvgIpc) is 3.12. The van der Waals surface area contributed by atoms with Crippen LogP contribution >= 0.6 is 0 Å². The second-order valence-electron chi connectivity index (χ2n) is 5.35. The van der Waals surface area contributed by atoms with Crippen molar-refractivity contribution in [2.45, 2.75) is 39.2 Å². The SMILES string of the molecule is Cc1cc(CCN)ccc1N(C)C(C)C1CC1. The molecule has 0 amide bonds. The Morgan fingerprint density at radius 2 is 2.12 bits per heavy atom. The summed E-state index contributed by atoms with van der Waals surface area (Å²) >= 11 is 0. The number of benzene rings is 1. The Morgan fingerprint density at radius 1 is 1.41 bits per heavy atom. The molecule has 17 heavy (non-hydrogen) atoms. The number of rotatable bonds is 5. The summed E-state index contributed by atoms with van der Waals surface area (Å²) in [6, 6.07) is 7.40. The summed E-state index contributed by atoms with van der Waals surface area (Å²) in [6.45, 7) is 5.27. The van der Waals surface area contributed by atoms with Gasteiger partial charge in [-0.1, -0.05) is 12.1 Å². The minimum Gasteiger partial charge on any atom is -0.371 e. The summed E-state index contributed by atoms with van der Waals surface area (Å²) in [5.74, 6) is 0.906. The van der Waals surface area contributed by atoms with Crippen LogP contribution in [0.4, 0.5) is 5.69 Å². The molecule has 0 aliphatic heterocycles. The maximum atomic E-state index is 5.59. The maximum absolute atomic E-state index is 5.59. The van der Waals surface area contributed by atoms with Gasteiger partial charge in [0.2, 0.25) is 0 Å². The van der Waals surface area contributed by atoms with Crippen molar-refractivity contribution in [3.8, 4) is 0 Å². The molecule has 2 heteroatoms. The van der Waals surface area contributed by atoms with Crippen LogP contribution in [0.3, 0.4) is 0 Å². The third kappa shape index (κ3) is 2.81. The number of anilines is 1. The quantitative estimate of drug-likeness (QED) is 0.846. The molecule has 2 nitrogen and oxygen atoms in total. The highest BCUT2D eigenvalue weighted by Gasteiger charge is 2.30. The van der Waals surface area contributed by atoms with Crippen LogP contribution in [0.2, 0.25) is 0 Å². The van der Waals surface area contributed by atoms with Gasteiger partial charge in [0, 0.05) is 18.8 Å². The Morgan fingerprint density at radius 3 is 2.65 bits per heavy atom. The molecule has 1 unspecified atom stereocenters. The largest absolute Gasteiger partial charge is 0.371 e. The van der Waals surface area contributed by atoms with Gasteiger partial charge < -0.3 is 10.6 Å². The first-order valence-corrected chi connectivity index (χ1v) is 6.66. The Balaban J connectivity index is 2.14. The zero-order valence-corrected chi connectivity index (χ0v) is 11.2. The molecule has 1 aliphatic carbocycles. The van der Waals surface area contributed by atoms with Crippen molar-refractivity contribution in [2.75, 3.05) is 18.5 Å². The number of aryl methyl sites for hydroxylation is 1. The molecule has 0 aromatic heterocycles. The zero-order valence-electron chi connectivity index (χ0n) is 11.2. The lowest BCUT2D eigenvalue weighted by atomic mass is 10.0. The molecular weight excluding hydrogens is 208 g/mol. The molecule has 0 saturated heterocycles. The standard InChI is InChI=1S/C15H24N2/c1-11-10-13(8-9-16)4-7-15(11)17(3)12(2)14-5-6-14/h4,7,10,12,14H,5-6,8-9,16H2,1-3H3. The van der Waals surface area contributed by atoms with E-state index in [1.54, 1.807) is 0 Å². The lowest BCUT2D eigenvalue weighted by molar-refractivity contribution is 0.608. The molecule has 2 rings (SSSR count). The van der Waals surface area contributed by atoms with Crippen LogP contribution in [-0.2, 0) is 6.42 Å². The van der Waals surface area contributed by atoms with E-state index in [0.29, 0.717) is 6.04 Å². The predicted molar refractivity (Wildman–Crippen MR) is 74.5 cm³/mol. The molecule has 0 spiro atoms. The van der Waals surface area contributed by atoms with Crippen LogP contribution in [0.1, 0.15) is 30.9 Å². The molecule has 94 valence electrons. The fraction of sp³-hybridized carbons (Fsp3) is 0.600. The van der Waals surface area contributed by atoms with Crippen LogP contribution in [0.25, 0.3) is 0 Å². The lowest BCUT2D eigenvalue weighted by Crippen LogP contribution is -2.31. The van der Waals surface area contributed by atoms with Gasteiger partial charge in [0.15, 0.2) is 0 Å². The molecule has 1 fully saturated rings. The predicted octanol–water partition coefficient (Wildman–Crippen LogP) is 2.73. The molecule has 2 N–H and O–H groups in total. The van der Waals surface area contributed by atoms with Crippen molar-refractivity contribution in [3.05, 3.63) is 29.3 Å². The Bertz CT molecular complexity index is 383. The minimum absolute atomic E-state index is 0.661. The van der Waals surface area contributed by atoms with Crippen molar-refractivity contribution in [2.24, 2.45) is 11.7 Å². The van der Waals surface area contributed by atoms with E-state index < -0.39 is 0 Å². The molecule has 1 saturated carbocycles. The van der Waals surface area contributed by atoms with Gasteiger partial charge >= 0.3 is 0 Å². The van der Waals surface area contributed by atoms with E-state index in [1.807, 2.05) is 0 Å². The topological polar surface area (TPSA) is 29.3 Å². The van der Waals surface area contributed by atoms with Crippen LogP contribution in [0, 0.1) is 12.8 Å². The van der Waals surface area contributed by atoms with E-state index >= 15 is 0 Å². The van der Waals surface area contributed by atoms with E-state index in [-0.39, 0.29) is 0 Å². The fourth-order valence-corrected chi connectivity index (χ4v) is 2.55. The van der Waals surface area contributed by atoms with Gasteiger partial charge in [-0.15, -0.1) is 0 Å². The van der Waals surface area contributed by atoms with Crippen molar-refractivity contribution < 1.29 is 0 Å². The number of hydrogen-bond donors (Lipinski definition) is 1. The number of hydrogen-bond acceptors (Lipinski definition) is 2. The van der Waals surface area contributed by atoms with Gasteiger partial charge in [-0.2, -0.15) is 0 Å². The first-order valence-electron chi connectivity index (χ1n) is 6.66. The van der Waals surface area contributed by atoms with Crippen LogP contribution < -0.4 is 10.6 Å². The first kappa shape index (κ1) is 12.4. The van der Waals surface area contributed by atoms with Crippen molar-refractivity contribution >= 4 is 5.69 Å². The Labute approximate surface area is 105 Å². The number of nitrogens with zero attached hydrogens (tertiary/aromatic N) is 1. The van der Waals surface area contributed by atoms with Crippen molar-refractivity contribution in [1.82, 2.24) is 0 Å². The summed E-state index contributed by atoms with van der Waals surface area (Å²) in [6.07, 6.45) is 3.77. The smallest absolute Gasteiger partial charge is 0.0396 e. The lowest BCUT2D eigenvalue weighted by Gasteiger charge is -2.28. The van der Waals surface area contributed by atoms with Crippen molar-refractivity contribution in [3.63, 3.8) is 0 Å². The molecular formula is C15H24N2. The third-order valence-corrected chi connectivity index (χ3v) is 3.99. The summed E-state index contributed by atoms with van der Waals surface area (Å²) < 4.78 is 0. The third-order valence-electron chi connectivity index (χ3n) is 3.99. The van der Waals surface area contributed by atoms with Gasteiger partial charge in [0.05, 0.1) is 0 Å². The highest BCUT2D eigenvalue weighted by atomic mass is 15.1. The second-order valence-corrected chi connectivity index (χ2v) is 5.35. The van der Waals surface area contributed by atoms with E-state index in [2.05, 4.69) is 44.0 Å². The van der Waals surface area contributed by atoms with Gasteiger partial charge in [-0.3, -0.25) is 0 Å². The highest BCUT2D eigenvalue weighted by molar-refractivity contribution is 5.54. The Hall–Kier alpha value is -1.02. The zero-order chi connectivity index (χ0) is 12.4. The first-order chi connectivity index (χ1) is 8.13. The van der Waals surface area contributed by atoms with Crippen LogP contribution in [0.5, 0.6) is 0 Å². The minimum atomic E-state index is 0.661. The average molecular weight is 232 g/mol. The maximum Gasteiger partial charge on any atom is 0.0396 e. The molecule has 0 bridgehead atoms. The molecule has 1 aliphatic rings.